The molecule has 1 aromatic carbocycles. The standard InChI is InChI=1S/C18H29N3/c1-14-5-6-16(11-15(14)2)18(12-19)21-10-7-17(13-21)20-8-3-4-9-20/h5-6,11,17-18H,3-4,7-10,12-13,19H2,1-2H3. The maximum Gasteiger partial charge on any atom is 0.0471 e. The van der Waals surface area contributed by atoms with E-state index >= 15 is 0 Å². The summed E-state index contributed by atoms with van der Waals surface area (Å²) in [4.78, 5) is 5.29. The quantitative estimate of drug-likeness (QED) is 0.923. The van der Waals surface area contributed by atoms with Crippen LogP contribution in [-0.4, -0.2) is 48.6 Å². The van der Waals surface area contributed by atoms with Gasteiger partial charge in [-0.1, -0.05) is 18.2 Å². The van der Waals surface area contributed by atoms with E-state index in [2.05, 4.69) is 41.8 Å². The molecule has 2 heterocycles. The lowest BCUT2D eigenvalue weighted by molar-refractivity contribution is 0.203. The van der Waals surface area contributed by atoms with E-state index in [9.17, 15) is 0 Å². The van der Waals surface area contributed by atoms with Gasteiger partial charge in [0.15, 0.2) is 0 Å². The van der Waals surface area contributed by atoms with Crippen LogP contribution in [0.2, 0.25) is 0 Å². The minimum absolute atomic E-state index is 0.386. The van der Waals surface area contributed by atoms with Gasteiger partial charge in [0.25, 0.3) is 0 Å². The highest BCUT2D eigenvalue weighted by Gasteiger charge is 2.32. The summed E-state index contributed by atoms with van der Waals surface area (Å²) in [5.41, 5.74) is 10.3. The number of nitrogens with two attached hydrogens (primary N) is 1. The number of benzene rings is 1. The van der Waals surface area contributed by atoms with Crippen LogP contribution in [0.25, 0.3) is 0 Å². The van der Waals surface area contributed by atoms with Crippen LogP contribution < -0.4 is 5.73 Å². The van der Waals surface area contributed by atoms with Gasteiger partial charge >= 0.3 is 0 Å². The average molecular weight is 287 g/mol. The molecule has 2 unspecified atom stereocenters. The molecular weight excluding hydrogens is 258 g/mol. The fourth-order valence-corrected chi connectivity index (χ4v) is 3.92. The number of likely N-dealkylation sites (tertiary alicyclic amines) is 2. The Balaban J connectivity index is 1.70. The van der Waals surface area contributed by atoms with Crippen LogP contribution in [0.5, 0.6) is 0 Å². The van der Waals surface area contributed by atoms with E-state index < -0.39 is 0 Å². The van der Waals surface area contributed by atoms with Crippen molar-refractivity contribution in [2.75, 3.05) is 32.7 Å². The first-order chi connectivity index (χ1) is 10.2. The largest absolute Gasteiger partial charge is 0.329 e. The molecule has 3 nitrogen and oxygen atoms in total. The topological polar surface area (TPSA) is 32.5 Å². The van der Waals surface area contributed by atoms with Crippen molar-refractivity contribution in [2.45, 2.75) is 45.2 Å². The minimum Gasteiger partial charge on any atom is -0.329 e. The van der Waals surface area contributed by atoms with Gasteiger partial charge < -0.3 is 5.73 Å². The van der Waals surface area contributed by atoms with Gasteiger partial charge in [0, 0.05) is 31.7 Å². The molecule has 2 aliphatic heterocycles. The second-order valence-electron chi connectivity index (χ2n) is 6.78. The number of hydrogen-bond donors (Lipinski definition) is 1. The maximum absolute atomic E-state index is 6.12. The van der Waals surface area contributed by atoms with Gasteiger partial charge in [0.05, 0.1) is 0 Å². The van der Waals surface area contributed by atoms with Crippen LogP contribution in [0.15, 0.2) is 18.2 Å². The Bertz CT molecular complexity index is 479. The number of rotatable bonds is 4. The van der Waals surface area contributed by atoms with E-state index in [-0.39, 0.29) is 0 Å². The molecule has 2 N–H and O–H groups in total. The Kier molecular flexibility index (Phi) is 4.63. The number of nitrogens with zero attached hydrogens (tertiary/aromatic N) is 2. The zero-order chi connectivity index (χ0) is 14.8. The highest BCUT2D eigenvalue weighted by molar-refractivity contribution is 5.32. The molecule has 21 heavy (non-hydrogen) atoms. The van der Waals surface area contributed by atoms with Crippen molar-refractivity contribution in [3.8, 4) is 0 Å². The lowest BCUT2D eigenvalue weighted by atomic mass is 10.00. The molecular formula is C18H29N3. The van der Waals surface area contributed by atoms with Gasteiger partial charge in [-0.2, -0.15) is 0 Å². The van der Waals surface area contributed by atoms with Crippen molar-refractivity contribution in [3.05, 3.63) is 34.9 Å². The average Bonchev–Trinajstić information content (AvgIpc) is 3.14. The monoisotopic (exact) mass is 287 g/mol. The normalized spacial score (nSPS) is 25.6. The third-order valence-corrected chi connectivity index (χ3v) is 5.43. The number of hydrogen-bond acceptors (Lipinski definition) is 3. The Morgan fingerprint density at radius 2 is 1.90 bits per heavy atom. The van der Waals surface area contributed by atoms with Crippen LogP contribution >= 0.6 is 0 Å². The third kappa shape index (κ3) is 3.15. The molecule has 0 bridgehead atoms. The van der Waals surface area contributed by atoms with E-state index in [1.54, 1.807) is 0 Å². The first-order valence-electron chi connectivity index (χ1n) is 8.44. The van der Waals surface area contributed by atoms with Crippen molar-refractivity contribution >= 4 is 0 Å². The summed E-state index contributed by atoms with van der Waals surface area (Å²) in [6.45, 7) is 10.1. The smallest absolute Gasteiger partial charge is 0.0471 e. The molecule has 2 aliphatic rings. The van der Waals surface area contributed by atoms with Crippen LogP contribution in [0.3, 0.4) is 0 Å². The Labute approximate surface area is 129 Å². The van der Waals surface area contributed by atoms with Crippen molar-refractivity contribution in [3.63, 3.8) is 0 Å². The summed E-state index contributed by atoms with van der Waals surface area (Å²) < 4.78 is 0. The second kappa shape index (κ2) is 6.47. The summed E-state index contributed by atoms with van der Waals surface area (Å²) in [5.74, 6) is 0. The van der Waals surface area contributed by atoms with Gasteiger partial charge in [-0.15, -0.1) is 0 Å². The molecule has 0 aromatic heterocycles. The molecule has 116 valence electrons. The zero-order valence-electron chi connectivity index (χ0n) is 13.5. The fraction of sp³-hybridized carbons (Fsp3) is 0.667. The van der Waals surface area contributed by atoms with Gasteiger partial charge in [0.2, 0.25) is 0 Å². The Morgan fingerprint density at radius 1 is 1.14 bits per heavy atom. The predicted octanol–water partition coefficient (Wildman–Crippen LogP) is 2.47. The first-order valence-corrected chi connectivity index (χ1v) is 8.44. The fourth-order valence-electron chi connectivity index (χ4n) is 3.92. The predicted molar refractivity (Wildman–Crippen MR) is 88.5 cm³/mol. The molecule has 3 rings (SSSR count). The minimum atomic E-state index is 0.386. The second-order valence-corrected chi connectivity index (χ2v) is 6.78. The SMILES string of the molecule is Cc1ccc(C(CN)N2CCC(N3CCCC3)C2)cc1C. The third-order valence-electron chi connectivity index (χ3n) is 5.43. The van der Waals surface area contributed by atoms with E-state index in [1.165, 1.54) is 62.1 Å². The summed E-state index contributed by atoms with van der Waals surface area (Å²) in [7, 11) is 0. The van der Waals surface area contributed by atoms with Gasteiger partial charge in [-0.25, -0.2) is 0 Å². The van der Waals surface area contributed by atoms with Crippen LogP contribution in [-0.2, 0) is 0 Å². The van der Waals surface area contributed by atoms with Crippen molar-refractivity contribution in [1.29, 1.82) is 0 Å². The maximum atomic E-state index is 6.12. The molecule has 3 heteroatoms. The molecule has 0 radical (unpaired) electrons. The summed E-state index contributed by atoms with van der Waals surface area (Å²) in [6, 6.07) is 7.98. The van der Waals surface area contributed by atoms with E-state index in [1.807, 2.05) is 0 Å². The Morgan fingerprint density at radius 3 is 2.57 bits per heavy atom. The summed E-state index contributed by atoms with van der Waals surface area (Å²) >= 11 is 0. The van der Waals surface area contributed by atoms with E-state index in [4.69, 9.17) is 5.73 Å². The van der Waals surface area contributed by atoms with E-state index in [0.717, 1.165) is 12.6 Å². The Hall–Kier alpha value is -0.900. The molecule has 2 atom stereocenters. The highest BCUT2D eigenvalue weighted by Crippen LogP contribution is 2.28. The molecule has 0 saturated carbocycles. The van der Waals surface area contributed by atoms with Crippen molar-refractivity contribution < 1.29 is 0 Å². The lowest BCUT2D eigenvalue weighted by Crippen LogP contribution is -2.38. The van der Waals surface area contributed by atoms with Crippen LogP contribution in [0, 0.1) is 13.8 Å². The number of aryl methyl sites for hydroxylation is 2. The molecule has 2 saturated heterocycles. The zero-order valence-corrected chi connectivity index (χ0v) is 13.5. The van der Waals surface area contributed by atoms with Gasteiger partial charge in [0.1, 0.15) is 0 Å². The highest BCUT2D eigenvalue weighted by atomic mass is 15.3. The lowest BCUT2D eigenvalue weighted by Gasteiger charge is -2.29. The molecule has 0 spiro atoms. The van der Waals surface area contributed by atoms with Gasteiger partial charge in [-0.05, 0) is 62.9 Å². The van der Waals surface area contributed by atoms with Gasteiger partial charge in [-0.3, -0.25) is 9.80 Å². The summed E-state index contributed by atoms with van der Waals surface area (Å²) in [6.07, 6.45) is 4.07. The molecule has 1 aromatic rings. The van der Waals surface area contributed by atoms with Crippen LogP contribution in [0.4, 0.5) is 0 Å². The molecule has 0 amide bonds. The molecule has 2 fully saturated rings. The van der Waals surface area contributed by atoms with Crippen molar-refractivity contribution in [2.24, 2.45) is 5.73 Å². The van der Waals surface area contributed by atoms with E-state index in [0.29, 0.717) is 6.04 Å². The van der Waals surface area contributed by atoms with Crippen molar-refractivity contribution in [1.82, 2.24) is 9.80 Å². The summed E-state index contributed by atoms with van der Waals surface area (Å²) in [5, 5.41) is 0. The van der Waals surface area contributed by atoms with Crippen LogP contribution in [0.1, 0.15) is 42.0 Å². The first kappa shape index (κ1) is 15.0. The molecule has 0 aliphatic carbocycles.